The molecule has 4 heteroatoms. The number of hydrogen-bond acceptors (Lipinski definition) is 2. The number of nitrogens with one attached hydrogen (secondary N) is 1. The number of halogens is 2. The van der Waals surface area contributed by atoms with Crippen molar-refractivity contribution in [3.8, 4) is 0 Å². The number of nitrogens with zero attached hydrogens (tertiary/aromatic N) is 1. The van der Waals surface area contributed by atoms with Crippen LogP contribution in [0.15, 0.2) is 30.5 Å². The second-order valence-corrected chi connectivity index (χ2v) is 6.42. The zero-order valence-electron chi connectivity index (χ0n) is 11.3. The molecule has 2 aromatic rings. The van der Waals surface area contributed by atoms with Gasteiger partial charge in [-0.1, -0.05) is 30.9 Å². The first-order valence-corrected chi connectivity index (χ1v) is 8.00. The van der Waals surface area contributed by atoms with Crippen molar-refractivity contribution in [2.45, 2.75) is 43.5 Å². The van der Waals surface area contributed by atoms with Gasteiger partial charge < -0.3 is 5.32 Å². The van der Waals surface area contributed by atoms with E-state index in [1.54, 1.807) is 0 Å². The van der Waals surface area contributed by atoms with Crippen LogP contribution in [0.3, 0.4) is 0 Å². The van der Waals surface area contributed by atoms with E-state index in [0.29, 0.717) is 11.1 Å². The number of pyridine rings is 1. The van der Waals surface area contributed by atoms with Crippen LogP contribution < -0.4 is 5.32 Å². The zero-order valence-corrected chi connectivity index (χ0v) is 12.8. The van der Waals surface area contributed by atoms with Gasteiger partial charge in [-0.2, -0.15) is 0 Å². The van der Waals surface area contributed by atoms with Crippen molar-refractivity contribution in [3.63, 3.8) is 0 Å². The lowest BCUT2D eigenvalue weighted by atomic mass is 10.1. The Morgan fingerprint density at radius 3 is 2.85 bits per heavy atom. The molecule has 0 amide bonds. The highest BCUT2D eigenvalue weighted by molar-refractivity contribution is 6.31. The molecule has 20 heavy (non-hydrogen) atoms. The van der Waals surface area contributed by atoms with Crippen LogP contribution in [0.5, 0.6) is 0 Å². The minimum atomic E-state index is 0.202. The summed E-state index contributed by atoms with van der Waals surface area (Å²) in [5.74, 6) is 0. The van der Waals surface area contributed by atoms with Crippen molar-refractivity contribution in [1.82, 2.24) is 4.98 Å². The Morgan fingerprint density at radius 1 is 1.10 bits per heavy atom. The molecule has 106 valence electrons. The van der Waals surface area contributed by atoms with Gasteiger partial charge in [0.25, 0.3) is 0 Å². The van der Waals surface area contributed by atoms with E-state index in [4.69, 9.17) is 23.2 Å². The lowest BCUT2D eigenvalue weighted by Crippen LogP contribution is -2.28. The first-order valence-electron chi connectivity index (χ1n) is 7.19. The largest absolute Gasteiger partial charge is 0.380 e. The van der Waals surface area contributed by atoms with E-state index in [9.17, 15) is 0 Å². The van der Waals surface area contributed by atoms with Crippen LogP contribution in [-0.4, -0.2) is 16.4 Å². The molecular weight excluding hydrogens is 291 g/mol. The van der Waals surface area contributed by atoms with Gasteiger partial charge in [-0.3, -0.25) is 4.98 Å². The molecule has 1 saturated carbocycles. The SMILES string of the molecule is Clc1ccc2c(NC3CCCCCC3Cl)ccnc2c1. The molecular formula is C16H18Cl2N2. The first kappa shape index (κ1) is 14.0. The molecule has 1 heterocycles. The lowest BCUT2D eigenvalue weighted by molar-refractivity contribution is 0.628. The molecule has 1 aliphatic carbocycles. The Kier molecular flexibility index (Phi) is 4.32. The van der Waals surface area contributed by atoms with E-state index >= 15 is 0 Å². The first-order chi connectivity index (χ1) is 9.74. The van der Waals surface area contributed by atoms with Gasteiger partial charge in [-0.05, 0) is 37.1 Å². The number of alkyl halides is 1. The fraction of sp³-hybridized carbons (Fsp3) is 0.438. The van der Waals surface area contributed by atoms with Crippen LogP contribution in [0.4, 0.5) is 5.69 Å². The summed E-state index contributed by atoms with van der Waals surface area (Å²) >= 11 is 12.5. The molecule has 0 aliphatic heterocycles. The average molecular weight is 309 g/mol. The van der Waals surface area contributed by atoms with Crippen LogP contribution in [0.2, 0.25) is 5.02 Å². The van der Waals surface area contributed by atoms with Crippen molar-refractivity contribution in [3.05, 3.63) is 35.5 Å². The third kappa shape index (κ3) is 3.02. The molecule has 2 unspecified atom stereocenters. The van der Waals surface area contributed by atoms with Gasteiger partial charge in [-0.15, -0.1) is 11.6 Å². The van der Waals surface area contributed by atoms with Crippen molar-refractivity contribution in [2.75, 3.05) is 5.32 Å². The topological polar surface area (TPSA) is 24.9 Å². The van der Waals surface area contributed by atoms with Gasteiger partial charge in [0.15, 0.2) is 0 Å². The molecule has 2 atom stereocenters. The number of benzene rings is 1. The Labute approximate surface area is 129 Å². The van der Waals surface area contributed by atoms with Crippen molar-refractivity contribution < 1.29 is 0 Å². The van der Waals surface area contributed by atoms with E-state index in [-0.39, 0.29) is 5.38 Å². The van der Waals surface area contributed by atoms with Gasteiger partial charge in [0.05, 0.1) is 10.9 Å². The predicted octanol–water partition coefficient (Wildman–Crippen LogP) is 5.24. The summed E-state index contributed by atoms with van der Waals surface area (Å²) in [5, 5.41) is 5.64. The number of anilines is 1. The number of aromatic nitrogens is 1. The standard InChI is InChI=1S/C16H18Cl2N2/c17-11-6-7-12-14(8-9-19-16(12)10-11)20-15-5-3-1-2-4-13(15)18/h6-10,13,15H,1-5H2,(H,19,20). The van der Waals surface area contributed by atoms with E-state index in [2.05, 4.69) is 10.3 Å². The lowest BCUT2D eigenvalue weighted by Gasteiger charge is -2.23. The summed E-state index contributed by atoms with van der Waals surface area (Å²) in [7, 11) is 0. The van der Waals surface area contributed by atoms with Crippen LogP contribution in [-0.2, 0) is 0 Å². The Bertz CT molecular complexity index is 600. The molecule has 1 aromatic carbocycles. The molecule has 3 rings (SSSR count). The van der Waals surface area contributed by atoms with Crippen molar-refractivity contribution >= 4 is 39.8 Å². The van der Waals surface area contributed by atoms with Crippen LogP contribution in [0, 0.1) is 0 Å². The maximum absolute atomic E-state index is 6.51. The predicted molar refractivity (Wildman–Crippen MR) is 86.9 cm³/mol. The maximum atomic E-state index is 6.51. The maximum Gasteiger partial charge on any atom is 0.0737 e. The minimum absolute atomic E-state index is 0.202. The van der Waals surface area contributed by atoms with Crippen molar-refractivity contribution in [1.29, 1.82) is 0 Å². The van der Waals surface area contributed by atoms with Gasteiger partial charge in [-0.25, -0.2) is 0 Å². The van der Waals surface area contributed by atoms with E-state index < -0.39 is 0 Å². The zero-order chi connectivity index (χ0) is 13.9. The van der Waals surface area contributed by atoms with Gasteiger partial charge in [0, 0.05) is 28.3 Å². The molecule has 0 saturated heterocycles. The molecule has 1 aromatic heterocycles. The average Bonchev–Trinajstić information content (AvgIpc) is 2.64. The van der Waals surface area contributed by atoms with Crippen molar-refractivity contribution in [2.24, 2.45) is 0 Å². The smallest absolute Gasteiger partial charge is 0.0737 e. The fourth-order valence-corrected chi connectivity index (χ4v) is 3.38. The molecule has 1 aliphatic rings. The fourth-order valence-electron chi connectivity index (χ4n) is 2.87. The van der Waals surface area contributed by atoms with E-state index in [1.807, 2.05) is 30.5 Å². The monoisotopic (exact) mass is 308 g/mol. The highest BCUT2D eigenvalue weighted by Gasteiger charge is 2.22. The van der Waals surface area contributed by atoms with Crippen LogP contribution >= 0.6 is 23.2 Å². The molecule has 0 spiro atoms. The van der Waals surface area contributed by atoms with Gasteiger partial charge >= 0.3 is 0 Å². The summed E-state index contributed by atoms with van der Waals surface area (Å²) in [6.07, 6.45) is 7.81. The minimum Gasteiger partial charge on any atom is -0.380 e. The second kappa shape index (κ2) is 6.19. The summed E-state index contributed by atoms with van der Waals surface area (Å²) in [5.41, 5.74) is 2.02. The molecule has 0 radical (unpaired) electrons. The molecule has 1 fully saturated rings. The number of fused-ring (bicyclic) bond motifs is 1. The number of hydrogen-bond donors (Lipinski definition) is 1. The summed E-state index contributed by atoms with van der Waals surface area (Å²) < 4.78 is 0. The van der Waals surface area contributed by atoms with Crippen LogP contribution in [0.25, 0.3) is 10.9 Å². The van der Waals surface area contributed by atoms with Crippen LogP contribution in [0.1, 0.15) is 32.1 Å². The highest BCUT2D eigenvalue weighted by atomic mass is 35.5. The molecule has 2 nitrogen and oxygen atoms in total. The molecule has 0 bridgehead atoms. The van der Waals surface area contributed by atoms with Gasteiger partial charge in [0.1, 0.15) is 0 Å². The Balaban J connectivity index is 1.90. The summed E-state index contributed by atoms with van der Waals surface area (Å²) in [4.78, 5) is 4.38. The summed E-state index contributed by atoms with van der Waals surface area (Å²) in [6, 6.07) is 8.17. The van der Waals surface area contributed by atoms with E-state index in [0.717, 1.165) is 29.4 Å². The normalized spacial score (nSPS) is 23.5. The third-order valence-corrected chi connectivity index (χ3v) is 4.73. The second-order valence-electron chi connectivity index (χ2n) is 5.42. The van der Waals surface area contributed by atoms with Gasteiger partial charge in [0.2, 0.25) is 0 Å². The third-order valence-electron chi connectivity index (χ3n) is 3.98. The Morgan fingerprint density at radius 2 is 1.95 bits per heavy atom. The molecule has 1 N–H and O–H groups in total. The van der Waals surface area contributed by atoms with E-state index in [1.165, 1.54) is 19.3 Å². The quantitative estimate of drug-likeness (QED) is 0.606. The highest BCUT2D eigenvalue weighted by Crippen LogP contribution is 2.29. The number of rotatable bonds is 2. The Hall–Kier alpha value is -0.990. The summed E-state index contributed by atoms with van der Waals surface area (Å²) in [6.45, 7) is 0.